The van der Waals surface area contributed by atoms with Crippen LogP contribution in [0.15, 0.2) is 5.28 Å². The van der Waals surface area contributed by atoms with Crippen LogP contribution in [0.5, 0.6) is 0 Å². The van der Waals surface area contributed by atoms with E-state index in [1.54, 1.807) is 0 Å². The topological polar surface area (TPSA) is 68.1 Å². The quantitative estimate of drug-likeness (QED) is 0.394. The molecule has 6 heteroatoms. The minimum absolute atomic E-state index is 0.170. The van der Waals surface area contributed by atoms with Crippen LogP contribution in [0.25, 0.3) is 0 Å². The van der Waals surface area contributed by atoms with Gasteiger partial charge in [0, 0.05) is 12.8 Å². The highest BCUT2D eigenvalue weighted by molar-refractivity contribution is 5.84. The lowest BCUT2D eigenvalue weighted by Gasteiger charge is -2.19. The summed E-state index contributed by atoms with van der Waals surface area (Å²) in [5.41, 5.74) is 1.18. The number of hydrogen-bond acceptors (Lipinski definition) is 2. The Morgan fingerprint density at radius 3 is 2.75 bits per heavy atom. The van der Waals surface area contributed by atoms with Gasteiger partial charge in [-0.25, -0.2) is 4.58 Å². The second-order valence-corrected chi connectivity index (χ2v) is 4.26. The van der Waals surface area contributed by atoms with E-state index in [4.69, 9.17) is 9.94 Å². The zero-order valence-electron chi connectivity index (χ0n) is 9.38. The highest BCUT2D eigenvalue weighted by Crippen LogP contribution is 2.18. The summed E-state index contributed by atoms with van der Waals surface area (Å²) in [6, 6.07) is -0.170. The smallest absolute Gasteiger partial charge is 0.312 e. The Morgan fingerprint density at radius 2 is 2.06 bits per heavy atom. The molecule has 0 aromatic heterocycles. The summed E-state index contributed by atoms with van der Waals surface area (Å²) in [7, 11) is 0. The van der Waals surface area contributed by atoms with Crippen molar-refractivity contribution in [1.29, 1.82) is 0 Å². The van der Waals surface area contributed by atoms with Gasteiger partial charge >= 0.3 is 6.04 Å². The van der Waals surface area contributed by atoms with Crippen molar-refractivity contribution in [3.8, 4) is 0 Å². The Labute approximate surface area is 94.4 Å². The number of morpholine rings is 1. The second-order valence-electron chi connectivity index (χ2n) is 4.26. The van der Waals surface area contributed by atoms with E-state index in [9.17, 15) is 5.21 Å². The Morgan fingerprint density at radius 1 is 1.31 bits per heavy atom. The van der Waals surface area contributed by atoms with Crippen molar-refractivity contribution in [3.05, 3.63) is 0 Å². The zero-order chi connectivity index (χ0) is 11.4. The van der Waals surface area contributed by atoms with Gasteiger partial charge in [-0.15, -0.1) is 0 Å². The van der Waals surface area contributed by atoms with E-state index in [1.165, 1.54) is 5.71 Å². The van der Waals surface area contributed by atoms with Gasteiger partial charge in [-0.2, -0.15) is 0 Å². The molecular weight excluding hydrogens is 210 g/mol. The maximum atomic E-state index is 9.52. The fourth-order valence-corrected chi connectivity index (χ4v) is 2.51. The molecule has 1 atom stereocenters. The van der Waals surface area contributed by atoms with Crippen LogP contribution < -0.4 is 0 Å². The molecular formula is C10H19N3O3+2. The Bertz CT molecular complexity index is 306. The van der Waals surface area contributed by atoms with E-state index in [2.05, 4.69) is 9.85 Å². The number of ether oxygens (including phenoxy) is 1. The molecule has 1 saturated heterocycles. The third kappa shape index (κ3) is 2.32. The monoisotopic (exact) mass is 229 g/mol. The molecule has 0 unspecified atom stereocenters. The van der Waals surface area contributed by atoms with E-state index in [-0.39, 0.29) is 6.04 Å². The van der Waals surface area contributed by atoms with E-state index in [1.807, 2.05) is 0 Å². The first-order chi connectivity index (χ1) is 7.83. The molecule has 1 aliphatic heterocycles. The van der Waals surface area contributed by atoms with Crippen LogP contribution in [-0.4, -0.2) is 57.9 Å². The predicted octanol–water partition coefficient (Wildman–Crippen LogP) is 0.656. The summed E-state index contributed by atoms with van der Waals surface area (Å²) in [6.07, 6.45) is 4.01. The van der Waals surface area contributed by atoms with Gasteiger partial charge < -0.3 is 9.94 Å². The van der Waals surface area contributed by atoms with Crippen LogP contribution in [0, 0.1) is 0 Å². The molecule has 2 N–H and O–H groups in total. The van der Waals surface area contributed by atoms with Gasteiger partial charge in [0.05, 0.1) is 0 Å². The summed E-state index contributed by atoms with van der Waals surface area (Å²) >= 11 is 0. The molecule has 6 nitrogen and oxygen atoms in total. The summed E-state index contributed by atoms with van der Waals surface area (Å²) in [6.45, 7) is 3.20. The SMILES string of the molecule is ON=[N+](O)[C@@H]1CCCCC1=[N+]1CCOCC1. The molecule has 0 spiro atoms. The van der Waals surface area contributed by atoms with Gasteiger partial charge in [-0.1, -0.05) is 0 Å². The maximum absolute atomic E-state index is 9.52. The van der Waals surface area contributed by atoms with E-state index in [0.29, 0.717) is 4.86 Å². The van der Waals surface area contributed by atoms with Crippen molar-refractivity contribution in [1.82, 2.24) is 0 Å². The number of hydrogen-bond donors (Lipinski definition) is 2. The minimum Gasteiger partial charge on any atom is -0.368 e. The first-order valence-electron chi connectivity index (χ1n) is 5.84. The van der Waals surface area contributed by atoms with Gasteiger partial charge in [0.1, 0.15) is 18.1 Å². The van der Waals surface area contributed by atoms with Gasteiger partial charge in [0.25, 0.3) is 0 Å². The van der Waals surface area contributed by atoms with Crippen LogP contribution >= 0.6 is 0 Å². The van der Waals surface area contributed by atoms with E-state index < -0.39 is 0 Å². The molecule has 0 aromatic rings. The molecule has 2 rings (SSSR count). The van der Waals surface area contributed by atoms with Crippen molar-refractivity contribution < 1.29 is 24.6 Å². The molecule has 1 heterocycles. The molecule has 0 amide bonds. The summed E-state index contributed by atoms with van der Waals surface area (Å²) in [5, 5.41) is 21.0. The molecule has 0 bridgehead atoms. The highest BCUT2D eigenvalue weighted by Gasteiger charge is 2.40. The van der Waals surface area contributed by atoms with Crippen molar-refractivity contribution >= 4 is 5.71 Å². The Kier molecular flexibility index (Phi) is 3.71. The summed E-state index contributed by atoms with van der Waals surface area (Å²) < 4.78 is 7.56. The molecule has 1 aliphatic carbocycles. The maximum Gasteiger partial charge on any atom is 0.312 e. The second kappa shape index (κ2) is 5.25. The molecule has 0 radical (unpaired) electrons. The van der Waals surface area contributed by atoms with Crippen molar-refractivity contribution in [2.45, 2.75) is 31.7 Å². The average Bonchev–Trinajstić information content (AvgIpc) is 2.39. The summed E-state index contributed by atoms with van der Waals surface area (Å²) in [5.74, 6) is 0. The van der Waals surface area contributed by atoms with Gasteiger partial charge in [-0.05, 0) is 12.8 Å². The molecule has 16 heavy (non-hydrogen) atoms. The first-order valence-corrected chi connectivity index (χ1v) is 5.84. The fourth-order valence-electron chi connectivity index (χ4n) is 2.51. The van der Waals surface area contributed by atoms with Crippen LogP contribution in [0.4, 0.5) is 0 Å². The first kappa shape index (κ1) is 11.3. The number of nitrogens with zero attached hydrogens (tertiary/aromatic N) is 3. The lowest BCUT2D eigenvalue weighted by atomic mass is 9.93. The normalized spacial score (nSPS) is 28.2. The zero-order valence-corrected chi connectivity index (χ0v) is 9.38. The average molecular weight is 229 g/mol. The fraction of sp³-hybridized carbons (Fsp3) is 0.900. The van der Waals surface area contributed by atoms with Crippen molar-refractivity contribution in [2.75, 3.05) is 26.3 Å². The molecule has 0 aromatic carbocycles. The van der Waals surface area contributed by atoms with Crippen molar-refractivity contribution in [2.24, 2.45) is 5.28 Å². The van der Waals surface area contributed by atoms with E-state index in [0.717, 1.165) is 52.0 Å². The predicted molar refractivity (Wildman–Crippen MR) is 54.3 cm³/mol. The highest BCUT2D eigenvalue weighted by atomic mass is 16.6. The number of hydroxylamine groups is 1. The van der Waals surface area contributed by atoms with E-state index >= 15 is 0 Å². The standard InChI is InChI=1S/C10H18N3O3/c14-11-13(15)10-4-2-1-3-9(10)12-5-7-16-8-6-12/h10,15H,1-8H2/q+1/p+1/t10-/m1/s1. The number of rotatable bonds is 1. The Hall–Kier alpha value is -1.17. The molecule has 90 valence electrons. The van der Waals surface area contributed by atoms with Gasteiger partial charge in [0.2, 0.25) is 11.0 Å². The third-order valence-electron chi connectivity index (χ3n) is 3.33. The minimum atomic E-state index is -0.170. The van der Waals surface area contributed by atoms with Crippen LogP contribution in [-0.2, 0) is 4.74 Å². The van der Waals surface area contributed by atoms with Crippen LogP contribution in [0.2, 0.25) is 0 Å². The van der Waals surface area contributed by atoms with Gasteiger partial charge in [0.15, 0.2) is 13.1 Å². The summed E-state index contributed by atoms with van der Waals surface area (Å²) in [4.78, 5) is 0.684. The van der Waals surface area contributed by atoms with Gasteiger partial charge in [-0.3, -0.25) is 5.21 Å². The van der Waals surface area contributed by atoms with Crippen molar-refractivity contribution in [3.63, 3.8) is 0 Å². The molecule has 2 aliphatic rings. The lowest BCUT2D eigenvalue weighted by Crippen LogP contribution is -2.43. The lowest BCUT2D eigenvalue weighted by molar-refractivity contribution is -0.852. The van der Waals surface area contributed by atoms with Crippen LogP contribution in [0.1, 0.15) is 25.7 Å². The Balaban J connectivity index is 2.20. The molecule has 1 saturated carbocycles. The van der Waals surface area contributed by atoms with Crippen LogP contribution in [0.3, 0.4) is 0 Å². The largest absolute Gasteiger partial charge is 0.368 e. The third-order valence-corrected chi connectivity index (χ3v) is 3.33. The molecule has 2 fully saturated rings.